The summed E-state index contributed by atoms with van der Waals surface area (Å²) >= 11 is 5.77. The number of hydrogen-bond acceptors (Lipinski definition) is 5. The number of nitrogens with one attached hydrogen (secondary N) is 1. The summed E-state index contributed by atoms with van der Waals surface area (Å²) in [6.45, 7) is 0.306. The molecule has 0 saturated carbocycles. The average molecular weight is 311 g/mol. The normalized spacial score (nSPS) is 12.1. The minimum atomic E-state index is -0.823. The van der Waals surface area contributed by atoms with E-state index >= 15 is 0 Å². The number of halogens is 1. The minimum absolute atomic E-state index is 0.0624. The number of ether oxygens (including phenoxy) is 1. The number of benzene rings is 1. The zero-order chi connectivity index (χ0) is 15.2. The van der Waals surface area contributed by atoms with Gasteiger partial charge in [-0.3, -0.25) is 4.79 Å². The molecule has 0 bridgehead atoms. The van der Waals surface area contributed by atoms with E-state index in [1.54, 1.807) is 24.3 Å². The highest BCUT2D eigenvalue weighted by molar-refractivity contribution is 6.30. The van der Waals surface area contributed by atoms with E-state index in [0.717, 1.165) is 0 Å². The molecule has 21 heavy (non-hydrogen) atoms. The molecule has 2 aromatic rings. The Hall–Kier alpha value is -1.89. The molecule has 1 unspecified atom stereocenters. The molecule has 0 aliphatic heterocycles. The maximum absolute atomic E-state index is 11.8. The second-order valence-corrected chi connectivity index (χ2v) is 4.83. The van der Waals surface area contributed by atoms with Crippen LogP contribution in [0.3, 0.4) is 0 Å². The third-order valence-electron chi connectivity index (χ3n) is 2.79. The van der Waals surface area contributed by atoms with E-state index in [0.29, 0.717) is 16.3 Å². The largest absolute Gasteiger partial charge is 0.387 e. The lowest BCUT2D eigenvalue weighted by Gasteiger charge is -2.11. The summed E-state index contributed by atoms with van der Waals surface area (Å²) < 4.78 is 9.79. The number of rotatable bonds is 6. The second kappa shape index (κ2) is 7.21. The third-order valence-corrected chi connectivity index (χ3v) is 3.04. The molecule has 1 aromatic heterocycles. The van der Waals surface area contributed by atoms with Gasteiger partial charge in [0.1, 0.15) is 6.61 Å². The summed E-state index contributed by atoms with van der Waals surface area (Å²) in [4.78, 5) is 11.8. The highest BCUT2D eigenvalue weighted by atomic mass is 35.5. The Bertz CT molecular complexity index is 597. The van der Waals surface area contributed by atoms with Crippen molar-refractivity contribution in [3.05, 3.63) is 52.4 Å². The molecular weight excluding hydrogens is 296 g/mol. The van der Waals surface area contributed by atoms with Gasteiger partial charge in [0.25, 0.3) is 5.91 Å². The lowest BCUT2D eigenvalue weighted by atomic mass is 10.1. The lowest BCUT2D eigenvalue weighted by Crippen LogP contribution is -2.28. The van der Waals surface area contributed by atoms with Crippen LogP contribution in [0.5, 0.6) is 0 Å². The Morgan fingerprint density at radius 1 is 1.48 bits per heavy atom. The predicted octanol–water partition coefficient (Wildman–Crippen LogP) is 1.94. The van der Waals surface area contributed by atoms with E-state index in [1.807, 2.05) is 0 Å². The fraction of sp³-hybridized carbons (Fsp3) is 0.286. The number of aliphatic hydroxyl groups is 1. The first kappa shape index (κ1) is 15.5. The van der Waals surface area contributed by atoms with Crippen LogP contribution in [0.15, 0.2) is 34.9 Å². The molecule has 1 amide bonds. The fourth-order valence-corrected chi connectivity index (χ4v) is 1.84. The zero-order valence-electron chi connectivity index (χ0n) is 11.4. The van der Waals surface area contributed by atoms with Crippen molar-refractivity contribution in [2.24, 2.45) is 0 Å². The predicted molar refractivity (Wildman–Crippen MR) is 76.0 cm³/mol. The van der Waals surface area contributed by atoms with Gasteiger partial charge in [0.15, 0.2) is 11.5 Å². The second-order valence-electron chi connectivity index (χ2n) is 4.39. The number of carbonyl (C=O) groups excluding carboxylic acids is 1. The summed E-state index contributed by atoms with van der Waals surface area (Å²) in [6, 6.07) is 8.25. The van der Waals surface area contributed by atoms with Gasteiger partial charge < -0.3 is 19.7 Å². The first-order valence-corrected chi connectivity index (χ1v) is 6.64. The molecule has 112 valence electrons. The maximum atomic E-state index is 11.8. The highest BCUT2D eigenvalue weighted by Crippen LogP contribution is 2.15. The summed E-state index contributed by atoms with van der Waals surface area (Å²) in [6.07, 6.45) is -0.823. The molecule has 0 spiro atoms. The van der Waals surface area contributed by atoms with Crippen LogP contribution in [-0.4, -0.2) is 29.8 Å². The summed E-state index contributed by atoms with van der Waals surface area (Å²) in [7, 11) is 1.52. The van der Waals surface area contributed by atoms with Gasteiger partial charge in [0.2, 0.25) is 0 Å². The Morgan fingerprint density at radius 2 is 2.19 bits per heavy atom. The number of nitrogens with zero attached hydrogens (tertiary/aromatic N) is 1. The van der Waals surface area contributed by atoms with Gasteiger partial charge in [-0.05, 0) is 17.7 Å². The Labute approximate surface area is 126 Å². The number of aliphatic hydroxyl groups excluding tert-OH is 1. The van der Waals surface area contributed by atoms with Crippen molar-refractivity contribution < 1.29 is 19.2 Å². The topological polar surface area (TPSA) is 84.6 Å². The van der Waals surface area contributed by atoms with E-state index < -0.39 is 12.0 Å². The summed E-state index contributed by atoms with van der Waals surface area (Å²) in [5, 5.41) is 16.8. The Morgan fingerprint density at radius 3 is 2.86 bits per heavy atom. The molecule has 0 fully saturated rings. The van der Waals surface area contributed by atoms with Crippen LogP contribution in [0.2, 0.25) is 5.02 Å². The first-order valence-electron chi connectivity index (χ1n) is 6.26. The molecule has 1 atom stereocenters. The molecule has 2 N–H and O–H groups in total. The molecule has 0 radical (unpaired) electrons. The van der Waals surface area contributed by atoms with Crippen molar-refractivity contribution >= 4 is 17.5 Å². The quantitative estimate of drug-likeness (QED) is 0.851. The van der Waals surface area contributed by atoms with Gasteiger partial charge >= 0.3 is 0 Å². The molecule has 0 aliphatic rings. The van der Waals surface area contributed by atoms with Crippen molar-refractivity contribution in [1.29, 1.82) is 0 Å². The SMILES string of the molecule is COCc1cc(C(=O)NCC(O)c2ccc(Cl)cc2)no1. The molecule has 7 heteroatoms. The van der Waals surface area contributed by atoms with Gasteiger partial charge in [-0.25, -0.2) is 0 Å². The zero-order valence-corrected chi connectivity index (χ0v) is 12.1. The number of aromatic nitrogens is 1. The van der Waals surface area contributed by atoms with Crippen LogP contribution in [0, 0.1) is 0 Å². The van der Waals surface area contributed by atoms with Crippen LogP contribution in [0.4, 0.5) is 0 Å². The lowest BCUT2D eigenvalue weighted by molar-refractivity contribution is 0.0906. The molecule has 1 aromatic carbocycles. The van der Waals surface area contributed by atoms with Crippen LogP contribution in [-0.2, 0) is 11.3 Å². The van der Waals surface area contributed by atoms with Crippen molar-refractivity contribution in [2.45, 2.75) is 12.7 Å². The number of carbonyl (C=O) groups is 1. The summed E-state index contributed by atoms with van der Waals surface area (Å²) in [5.74, 6) is 0.0371. The van der Waals surface area contributed by atoms with Crippen molar-refractivity contribution in [1.82, 2.24) is 10.5 Å². The van der Waals surface area contributed by atoms with Crippen LogP contribution < -0.4 is 5.32 Å². The standard InChI is InChI=1S/C14H15ClN2O4/c1-20-8-11-6-12(17-21-11)14(19)16-7-13(18)9-2-4-10(15)5-3-9/h2-6,13,18H,7-8H2,1H3,(H,16,19). The van der Waals surface area contributed by atoms with Crippen molar-refractivity contribution in [2.75, 3.05) is 13.7 Å². The van der Waals surface area contributed by atoms with E-state index in [-0.39, 0.29) is 18.8 Å². The van der Waals surface area contributed by atoms with Gasteiger partial charge in [-0.1, -0.05) is 28.9 Å². The van der Waals surface area contributed by atoms with Gasteiger partial charge in [0.05, 0.1) is 6.10 Å². The van der Waals surface area contributed by atoms with Gasteiger partial charge in [-0.15, -0.1) is 0 Å². The van der Waals surface area contributed by atoms with E-state index in [9.17, 15) is 9.90 Å². The summed E-state index contributed by atoms with van der Waals surface area (Å²) in [5.41, 5.74) is 0.810. The van der Waals surface area contributed by atoms with Crippen molar-refractivity contribution in [3.8, 4) is 0 Å². The molecule has 2 rings (SSSR count). The van der Waals surface area contributed by atoms with Crippen LogP contribution in [0.1, 0.15) is 27.9 Å². The smallest absolute Gasteiger partial charge is 0.273 e. The number of methoxy groups -OCH3 is 1. The highest BCUT2D eigenvalue weighted by Gasteiger charge is 2.14. The van der Waals surface area contributed by atoms with E-state index in [2.05, 4.69) is 10.5 Å². The van der Waals surface area contributed by atoms with E-state index in [4.69, 9.17) is 20.9 Å². The average Bonchev–Trinajstić information content (AvgIpc) is 2.94. The monoisotopic (exact) mass is 310 g/mol. The molecule has 1 heterocycles. The number of hydrogen-bond donors (Lipinski definition) is 2. The molecule has 0 aliphatic carbocycles. The van der Waals surface area contributed by atoms with Gasteiger partial charge in [-0.2, -0.15) is 0 Å². The molecule has 0 saturated heterocycles. The minimum Gasteiger partial charge on any atom is -0.387 e. The third kappa shape index (κ3) is 4.29. The number of amides is 1. The molecule has 6 nitrogen and oxygen atoms in total. The Balaban J connectivity index is 1.89. The van der Waals surface area contributed by atoms with E-state index in [1.165, 1.54) is 13.2 Å². The Kier molecular flexibility index (Phi) is 5.32. The molecular formula is C14H15ClN2O4. The van der Waals surface area contributed by atoms with Crippen LogP contribution >= 0.6 is 11.6 Å². The van der Waals surface area contributed by atoms with Crippen molar-refractivity contribution in [3.63, 3.8) is 0 Å². The maximum Gasteiger partial charge on any atom is 0.273 e. The van der Waals surface area contributed by atoms with Gasteiger partial charge in [0, 0.05) is 24.7 Å². The fourth-order valence-electron chi connectivity index (χ4n) is 1.71. The first-order chi connectivity index (χ1) is 10.1. The van der Waals surface area contributed by atoms with Crippen LogP contribution in [0.25, 0.3) is 0 Å².